The van der Waals surface area contributed by atoms with Gasteiger partial charge < -0.3 is 24.3 Å². The Morgan fingerprint density at radius 2 is 2.06 bits per heavy atom. The Kier molecular flexibility index (Phi) is 12.8. The maximum atomic E-state index is 8.99. The summed E-state index contributed by atoms with van der Waals surface area (Å²) in [7, 11) is 4.06. The standard InChI is InChI=1S/C26H44N6O2S/c1-31(2)19-23-10-11-24(34-23)20-35-18-13-29-26(30-21-27)28-12-17-33-16-6-15-32-14-5-8-22-7-3-4-9-25(22)32/h10-11,22,25H,3-9,12-20H2,1-2H3,(H2,28,29,30). The fraction of sp³-hybridized carbons (Fsp3) is 0.769. The molecule has 35 heavy (non-hydrogen) atoms. The smallest absolute Gasteiger partial charge is 0.204 e. The quantitative estimate of drug-likeness (QED) is 0.130. The molecular formula is C26H44N6O2S. The van der Waals surface area contributed by atoms with Crippen LogP contribution in [0.25, 0.3) is 0 Å². The topological polar surface area (TPSA) is 89.1 Å². The molecule has 2 fully saturated rings. The number of rotatable bonds is 14. The van der Waals surface area contributed by atoms with Crippen molar-refractivity contribution in [1.82, 2.24) is 20.4 Å². The summed E-state index contributed by atoms with van der Waals surface area (Å²) in [5.41, 5.74) is 0. The Labute approximate surface area is 215 Å². The van der Waals surface area contributed by atoms with Gasteiger partial charge in [-0.2, -0.15) is 17.0 Å². The van der Waals surface area contributed by atoms with Gasteiger partial charge in [-0.3, -0.25) is 10.3 Å². The molecule has 1 saturated heterocycles. The van der Waals surface area contributed by atoms with E-state index < -0.39 is 0 Å². The zero-order chi connectivity index (χ0) is 24.7. The van der Waals surface area contributed by atoms with Crippen molar-refractivity contribution >= 4 is 17.7 Å². The van der Waals surface area contributed by atoms with E-state index in [9.17, 15) is 0 Å². The minimum Gasteiger partial charge on any atom is -0.464 e. The summed E-state index contributed by atoms with van der Waals surface area (Å²) >= 11 is 1.79. The van der Waals surface area contributed by atoms with Crippen LogP contribution in [-0.2, 0) is 17.0 Å². The van der Waals surface area contributed by atoms with E-state index in [1.165, 1.54) is 45.1 Å². The van der Waals surface area contributed by atoms with Crippen molar-refractivity contribution in [1.29, 1.82) is 5.26 Å². The number of ether oxygens (including phenoxy) is 1. The molecule has 0 amide bonds. The van der Waals surface area contributed by atoms with Gasteiger partial charge in [-0.05, 0) is 70.8 Å². The predicted molar refractivity (Wildman–Crippen MR) is 143 cm³/mol. The summed E-state index contributed by atoms with van der Waals surface area (Å²) in [4.78, 5) is 9.26. The van der Waals surface area contributed by atoms with Gasteiger partial charge in [0.2, 0.25) is 5.96 Å². The molecule has 2 atom stereocenters. The number of hydrogen-bond donors (Lipinski definition) is 2. The Morgan fingerprint density at radius 3 is 2.91 bits per heavy atom. The first-order chi connectivity index (χ1) is 17.2. The lowest BCUT2D eigenvalue weighted by molar-refractivity contribution is 0.0492. The van der Waals surface area contributed by atoms with Crippen LogP contribution in [0.15, 0.2) is 21.5 Å². The Hall–Kier alpha value is -1.73. The maximum absolute atomic E-state index is 8.99. The highest BCUT2D eigenvalue weighted by Gasteiger charge is 2.32. The van der Waals surface area contributed by atoms with Crippen LogP contribution in [0.4, 0.5) is 0 Å². The van der Waals surface area contributed by atoms with E-state index in [0.717, 1.165) is 67.6 Å². The molecule has 1 aromatic heterocycles. The fourth-order valence-corrected chi connectivity index (χ4v) is 5.95. The first-order valence-corrected chi connectivity index (χ1v) is 14.4. The first-order valence-electron chi connectivity index (χ1n) is 13.2. The van der Waals surface area contributed by atoms with Gasteiger partial charge in [0.25, 0.3) is 0 Å². The highest BCUT2D eigenvalue weighted by atomic mass is 32.2. The summed E-state index contributed by atoms with van der Waals surface area (Å²) in [6.07, 6.45) is 11.5. The molecule has 2 aliphatic rings. The Balaban J connectivity index is 1.22. The van der Waals surface area contributed by atoms with Crippen LogP contribution >= 0.6 is 11.8 Å². The molecule has 0 bridgehead atoms. The molecule has 2 N–H and O–H groups in total. The van der Waals surface area contributed by atoms with Gasteiger partial charge in [-0.25, -0.2) is 0 Å². The van der Waals surface area contributed by atoms with Gasteiger partial charge in [0.1, 0.15) is 11.5 Å². The molecule has 1 saturated carbocycles. The second-order valence-corrected chi connectivity index (χ2v) is 10.9. The molecule has 3 rings (SSSR count). The fourth-order valence-electron chi connectivity index (χ4n) is 5.20. The second kappa shape index (κ2) is 16.1. The van der Waals surface area contributed by atoms with Gasteiger partial charge in [0, 0.05) is 31.5 Å². The van der Waals surface area contributed by atoms with Crippen LogP contribution in [0.2, 0.25) is 0 Å². The van der Waals surface area contributed by atoms with Crippen molar-refractivity contribution in [3.63, 3.8) is 0 Å². The number of nitriles is 1. The molecule has 1 aromatic rings. The van der Waals surface area contributed by atoms with E-state index >= 15 is 0 Å². The zero-order valence-corrected chi connectivity index (χ0v) is 22.5. The lowest BCUT2D eigenvalue weighted by Crippen LogP contribution is -2.47. The number of furan rings is 1. The second-order valence-electron chi connectivity index (χ2n) is 9.81. The lowest BCUT2D eigenvalue weighted by Gasteiger charge is -2.44. The molecule has 196 valence electrons. The third-order valence-electron chi connectivity index (χ3n) is 6.74. The van der Waals surface area contributed by atoms with E-state index in [4.69, 9.17) is 14.4 Å². The molecule has 0 radical (unpaired) electrons. The third-order valence-corrected chi connectivity index (χ3v) is 7.73. The average molecular weight is 505 g/mol. The molecule has 8 nitrogen and oxygen atoms in total. The molecule has 2 unspecified atom stereocenters. The number of nitrogens with zero attached hydrogens (tertiary/aromatic N) is 4. The number of guanidine groups is 1. The van der Waals surface area contributed by atoms with E-state index in [2.05, 4.69) is 25.4 Å². The van der Waals surface area contributed by atoms with E-state index in [0.29, 0.717) is 19.1 Å². The van der Waals surface area contributed by atoms with Crippen LogP contribution in [0.1, 0.15) is 56.5 Å². The van der Waals surface area contributed by atoms with Gasteiger partial charge in [0.15, 0.2) is 6.19 Å². The number of nitrogens with one attached hydrogen (secondary N) is 2. The molecule has 9 heteroatoms. The molecule has 1 aliphatic carbocycles. The minimum absolute atomic E-state index is 0.514. The van der Waals surface area contributed by atoms with E-state index in [-0.39, 0.29) is 0 Å². The molecule has 2 heterocycles. The van der Waals surface area contributed by atoms with Crippen LogP contribution in [-0.4, -0.2) is 81.0 Å². The number of aliphatic imine (C=N–C) groups is 1. The van der Waals surface area contributed by atoms with Crippen molar-refractivity contribution in [3.8, 4) is 6.19 Å². The van der Waals surface area contributed by atoms with Crippen LogP contribution in [0.5, 0.6) is 0 Å². The molecular weight excluding hydrogens is 460 g/mol. The highest BCUT2D eigenvalue weighted by molar-refractivity contribution is 7.98. The monoisotopic (exact) mass is 504 g/mol. The van der Waals surface area contributed by atoms with E-state index in [1.54, 1.807) is 11.8 Å². The third kappa shape index (κ3) is 10.4. The summed E-state index contributed by atoms with van der Waals surface area (Å²) in [6.45, 7) is 5.85. The van der Waals surface area contributed by atoms with Crippen LogP contribution in [0.3, 0.4) is 0 Å². The Bertz CT molecular complexity index is 791. The summed E-state index contributed by atoms with van der Waals surface area (Å²) in [6, 6.07) is 4.91. The van der Waals surface area contributed by atoms with Crippen molar-refractivity contribution < 1.29 is 9.15 Å². The van der Waals surface area contributed by atoms with Crippen LogP contribution < -0.4 is 10.6 Å². The summed E-state index contributed by atoms with van der Waals surface area (Å²) in [5.74, 6) is 5.16. The molecule has 1 aliphatic heterocycles. The number of likely N-dealkylation sites (tertiary alicyclic amines) is 1. The van der Waals surface area contributed by atoms with Gasteiger partial charge in [-0.15, -0.1) is 0 Å². The largest absolute Gasteiger partial charge is 0.464 e. The first kappa shape index (κ1) is 27.9. The summed E-state index contributed by atoms with van der Waals surface area (Å²) < 4.78 is 11.7. The lowest BCUT2D eigenvalue weighted by atomic mass is 9.78. The molecule has 0 spiro atoms. The maximum Gasteiger partial charge on any atom is 0.204 e. The van der Waals surface area contributed by atoms with E-state index in [1.807, 2.05) is 32.4 Å². The van der Waals surface area contributed by atoms with Crippen molar-refractivity contribution in [2.24, 2.45) is 10.9 Å². The van der Waals surface area contributed by atoms with Gasteiger partial charge >= 0.3 is 0 Å². The van der Waals surface area contributed by atoms with Crippen molar-refractivity contribution in [3.05, 3.63) is 23.7 Å². The highest BCUT2D eigenvalue weighted by Crippen LogP contribution is 2.35. The number of piperidine rings is 1. The summed E-state index contributed by atoms with van der Waals surface area (Å²) in [5, 5.41) is 14.8. The Morgan fingerprint density at radius 1 is 1.23 bits per heavy atom. The number of fused-ring (bicyclic) bond motifs is 1. The van der Waals surface area contributed by atoms with Gasteiger partial charge in [-0.1, -0.05) is 12.8 Å². The predicted octanol–water partition coefficient (Wildman–Crippen LogP) is 3.65. The van der Waals surface area contributed by atoms with Crippen molar-refractivity contribution in [2.45, 2.75) is 63.3 Å². The number of thioether (sulfide) groups is 1. The normalized spacial score (nSPS) is 21.0. The van der Waals surface area contributed by atoms with Gasteiger partial charge in [0.05, 0.1) is 25.4 Å². The van der Waals surface area contributed by atoms with Crippen molar-refractivity contribution in [2.75, 3.05) is 59.2 Å². The minimum atomic E-state index is 0.514. The number of hydrogen-bond acceptors (Lipinski definition) is 7. The molecule has 0 aromatic carbocycles. The van der Waals surface area contributed by atoms with Crippen LogP contribution in [0, 0.1) is 17.4 Å². The zero-order valence-electron chi connectivity index (χ0n) is 21.6. The average Bonchev–Trinajstić information content (AvgIpc) is 3.29. The SMILES string of the molecule is CN(C)Cc1ccc(CSCCNC(=NCCOCCCN2CCCC3CCCCC32)NC#N)o1.